The normalized spacial score (nSPS) is 12.8. The van der Waals surface area contributed by atoms with Crippen LogP contribution in [0.1, 0.15) is 11.1 Å². The van der Waals surface area contributed by atoms with E-state index in [0.717, 1.165) is 11.1 Å². The molecule has 0 saturated heterocycles. The van der Waals surface area contributed by atoms with E-state index >= 15 is 0 Å². The van der Waals surface area contributed by atoms with Gasteiger partial charge in [0.1, 0.15) is 6.10 Å². The van der Waals surface area contributed by atoms with Gasteiger partial charge in [-0.15, -0.1) is 0 Å². The summed E-state index contributed by atoms with van der Waals surface area (Å²) in [4.78, 5) is 0. The maximum absolute atomic E-state index is 12.2. The second-order valence-corrected chi connectivity index (χ2v) is 5.15. The van der Waals surface area contributed by atoms with Gasteiger partial charge in [0.25, 0.3) is 0 Å². The summed E-state index contributed by atoms with van der Waals surface area (Å²) in [6, 6.07) is 24.3. The fraction of sp³-hybridized carbons (Fsp3) is 0.100. The lowest BCUT2D eigenvalue weighted by Crippen LogP contribution is -2.05. The second kappa shape index (κ2) is 6.38. The Labute approximate surface area is 125 Å². The zero-order valence-corrected chi connectivity index (χ0v) is 11.8. The fourth-order valence-corrected chi connectivity index (χ4v) is 2.54. The number of hydrogen-bond acceptors (Lipinski definition) is 0. The lowest BCUT2D eigenvalue weighted by molar-refractivity contribution is 0.131. The van der Waals surface area contributed by atoms with Gasteiger partial charge in [-0.2, -0.15) is 0 Å². The Morgan fingerprint density at radius 2 is 1.52 bits per heavy atom. The minimum absolute atomic E-state index is 0.519. The molecule has 0 aliphatic rings. The maximum atomic E-state index is 12.2. The van der Waals surface area contributed by atoms with Crippen molar-refractivity contribution in [1.29, 1.82) is 0 Å². The molecule has 1 atom stereocenters. The lowest BCUT2D eigenvalue weighted by Gasteiger charge is -2.08. The highest BCUT2D eigenvalue weighted by Crippen LogP contribution is 2.20. The van der Waals surface area contributed by atoms with Crippen LogP contribution < -0.4 is 0 Å². The van der Waals surface area contributed by atoms with Crippen molar-refractivity contribution in [3.05, 3.63) is 90.0 Å². The highest BCUT2D eigenvalue weighted by Gasteiger charge is 2.06. The van der Waals surface area contributed by atoms with E-state index in [4.69, 9.17) is 0 Å². The Kier molecular flexibility index (Phi) is 4.13. The number of rotatable bonds is 4. The van der Waals surface area contributed by atoms with Gasteiger partial charge in [-0.05, 0) is 21.9 Å². The third-order valence-corrected chi connectivity index (χ3v) is 3.60. The average molecular weight is 273 g/mol. The van der Waals surface area contributed by atoms with Gasteiger partial charge in [-0.1, -0.05) is 84.9 Å². The van der Waals surface area contributed by atoms with E-state index in [1.807, 2.05) is 60.7 Å². The first-order valence-corrected chi connectivity index (χ1v) is 7.18. The third kappa shape index (κ3) is 3.39. The van der Waals surface area contributed by atoms with Gasteiger partial charge < -0.3 is 0 Å². The smallest absolute Gasteiger partial charge is 0.115 e. The molecule has 103 valence electrons. The summed E-state index contributed by atoms with van der Waals surface area (Å²) in [7, 11) is 0. The number of hydrogen-bond donors (Lipinski definition) is 0. The quantitative estimate of drug-likeness (QED) is 0.644. The molecule has 1 heteroatoms. The van der Waals surface area contributed by atoms with Crippen LogP contribution in [0, 0.1) is 0 Å². The zero-order chi connectivity index (χ0) is 14.5. The maximum Gasteiger partial charge on any atom is 0.115 e. The lowest BCUT2D eigenvalue weighted by atomic mass is 9.99. The third-order valence-electron chi connectivity index (χ3n) is 3.60. The van der Waals surface area contributed by atoms with Gasteiger partial charge in [0.2, 0.25) is 0 Å². The van der Waals surface area contributed by atoms with Crippen LogP contribution in [-0.2, 0) is 11.5 Å². The van der Waals surface area contributed by atoms with Crippen molar-refractivity contribution >= 4 is 16.8 Å². The van der Waals surface area contributed by atoms with Crippen LogP contribution in [0.4, 0.5) is 0 Å². The van der Waals surface area contributed by atoms with Crippen molar-refractivity contribution in [1.82, 2.24) is 0 Å². The van der Waals surface area contributed by atoms with Crippen LogP contribution in [0.15, 0.2) is 78.9 Å². The number of fused-ring (bicyclic) bond motifs is 1. The molecule has 0 spiro atoms. The van der Waals surface area contributed by atoms with Gasteiger partial charge in [0, 0.05) is 6.42 Å². The molecule has 0 bridgehead atoms. The molecule has 1 unspecified atom stereocenters. The van der Waals surface area contributed by atoms with Gasteiger partial charge in [-0.25, -0.2) is 5.11 Å². The Hall–Kier alpha value is -2.38. The van der Waals surface area contributed by atoms with Crippen molar-refractivity contribution in [2.75, 3.05) is 0 Å². The Balaban J connectivity index is 1.77. The van der Waals surface area contributed by atoms with Crippen LogP contribution in [0.5, 0.6) is 0 Å². The predicted octanol–water partition coefficient (Wildman–Crippen LogP) is 4.89. The largest absolute Gasteiger partial charge is 0.228 e. The molecule has 0 aliphatic carbocycles. The van der Waals surface area contributed by atoms with Crippen molar-refractivity contribution in [3.63, 3.8) is 0 Å². The highest BCUT2D eigenvalue weighted by atomic mass is 16.3. The molecule has 0 heterocycles. The first kappa shape index (κ1) is 13.6. The Morgan fingerprint density at radius 1 is 0.810 bits per heavy atom. The summed E-state index contributed by atoms with van der Waals surface area (Å²) < 4.78 is 0. The number of benzene rings is 3. The first-order chi connectivity index (χ1) is 10.3. The van der Waals surface area contributed by atoms with Crippen LogP contribution in [0.3, 0.4) is 0 Å². The predicted molar refractivity (Wildman–Crippen MR) is 87.6 cm³/mol. The van der Waals surface area contributed by atoms with Crippen LogP contribution in [0.2, 0.25) is 0 Å². The van der Waals surface area contributed by atoms with E-state index in [1.165, 1.54) is 10.8 Å². The molecule has 3 aromatic carbocycles. The molecule has 0 fully saturated rings. The van der Waals surface area contributed by atoms with E-state index in [1.54, 1.807) is 6.08 Å². The van der Waals surface area contributed by atoms with E-state index < -0.39 is 6.10 Å². The molecular formula is C20H17O. The summed E-state index contributed by atoms with van der Waals surface area (Å²) in [6.07, 6.45) is 3.45. The van der Waals surface area contributed by atoms with E-state index in [0.29, 0.717) is 6.42 Å². The van der Waals surface area contributed by atoms with Crippen LogP contribution in [0.25, 0.3) is 16.8 Å². The molecule has 0 saturated carbocycles. The van der Waals surface area contributed by atoms with Crippen molar-refractivity contribution < 1.29 is 5.11 Å². The van der Waals surface area contributed by atoms with Crippen molar-refractivity contribution in [2.24, 2.45) is 0 Å². The SMILES string of the molecule is [O]C(C=Cc1ccccc1)Cc1cccc2ccccc12. The highest BCUT2D eigenvalue weighted by molar-refractivity contribution is 5.85. The molecule has 0 aliphatic heterocycles. The zero-order valence-electron chi connectivity index (χ0n) is 11.8. The topological polar surface area (TPSA) is 19.9 Å². The molecule has 21 heavy (non-hydrogen) atoms. The fourth-order valence-electron chi connectivity index (χ4n) is 2.54. The van der Waals surface area contributed by atoms with E-state index in [9.17, 15) is 5.11 Å². The van der Waals surface area contributed by atoms with Crippen molar-refractivity contribution in [2.45, 2.75) is 12.5 Å². The van der Waals surface area contributed by atoms with Gasteiger partial charge in [0.05, 0.1) is 0 Å². The summed E-state index contributed by atoms with van der Waals surface area (Å²) in [5.74, 6) is 0. The van der Waals surface area contributed by atoms with Gasteiger partial charge in [0.15, 0.2) is 0 Å². The van der Waals surface area contributed by atoms with E-state index in [2.05, 4.69) is 18.2 Å². The first-order valence-electron chi connectivity index (χ1n) is 7.18. The van der Waals surface area contributed by atoms with Gasteiger partial charge in [-0.3, -0.25) is 0 Å². The van der Waals surface area contributed by atoms with Crippen molar-refractivity contribution in [3.8, 4) is 0 Å². The monoisotopic (exact) mass is 273 g/mol. The minimum atomic E-state index is -0.726. The molecule has 0 amide bonds. The Morgan fingerprint density at radius 3 is 2.38 bits per heavy atom. The summed E-state index contributed by atoms with van der Waals surface area (Å²) in [5.41, 5.74) is 2.18. The summed E-state index contributed by atoms with van der Waals surface area (Å²) in [5, 5.41) is 14.6. The standard InChI is InChI=1S/C20H17O/c21-19(14-13-16-7-2-1-3-8-16)15-18-11-6-10-17-9-4-5-12-20(17)18/h1-14,19H,15H2. The molecule has 3 rings (SSSR count). The second-order valence-electron chi connectivity index (χ2n) is 5.15. The van der Waals surface area contributed by atoms with E-state index in [-0.39, 0.29) is 0 Å². The summed E-state index contributed by atoms with van der Waals surface area (Å²) >= 11 is 0. The molecule has 1 nitrogen and oxygen atoms in total. The molecule has 1 radical (unpaired) electrons. The van der Waals surface area contributed by atoms with Gasteiger partial charge >= 0.3 is 0 Å². The minimum Gasteiger partial charge on any atom is -0.228 e. The molecule has 0 aromatic heterocycles. The average Bonchev–Trinajstić information content (AvgIpc) is 2.54. The molecule has 3 aromatic rings. The molecule has 0 N–H and O–H groups in total. The molecular weight excluding hydrogens is 256 g/mol. The van der Waals surface area contributed by atoms with Crippen LogP contribution >= 0.6 is 0 Å². The Bertz CT molecular complexity index is 739. The summed E-state index contributed by atoms with van der Waals surface area (Å²) in [6.45, 7) is 0. The van der Waals surface area contributed by atoms with Crippen LogP contribution in [-0.4, -0.2) is 6.10 Å².